The van der Waals surface area contributed by atoms with Crippen molar-refractivity contribution < 1.29 is 9.36 Å². The van der Waals surface area contributed by atoms with E-state index < -0.39 is 0 Å². The average molecular weight is 325 g/mol. The number of nitrogens with one attached hydrogen (secondary N) is 1. The van der Waals surface area contributed by atoms with Crippen molar-refractivity contribution in [3.05, 3.63) is 59.7 Å². The second-order valence-corrected chi connectivity index (χ2v) is 5.40. The van der Waals surface area contributed by atoms with Crippen LogP contribution in [0.5, 0.6) is 0 Å². The van der Waals surface area contributed by atoms with Crippen molar-refractivity contribution in [1.82, 2.24) is 4.98 Å². The lowest BCUT2D eigenvalue weighted by Crippen LogP contribution is -2.36. The highest BCUT2D eigenvalue weighted by molar-refractivity contribution is 5.75. The first kappa shape index (κ1) is 17.5. The Morgan fingerprint density at radius 2 is 1.79 bits per heavy atom. The number of rotatable bonds is 5. The van der Waals surface area contributed by atoms with Crippen LogP contribution in [0, 0.1) is 0 Å². The predicted molar refractivity (Wildman–Crippen MR) is 97.3 cm³/mol. The third-order valence-electron chi connectivity index (χ3n) is 3.75. The number of aromatic amines is 1. The van der Waals surface area contributed by atoms with Gasteiger partial charge in [0.1, 0.15) is 11.0 Å². The number of aryl methyl sites for hydroxylation is 1. The zero-order valence-electron chi connectivity index (χ0n) is 14.3. The summed E-state index contributed by atoms with van der Waals surface area (Å²) in [6, 6.07) is 16.3. The van der Waals surface area contributed by atoms with Gasteiger partial charge in [-0.25, -0.2) is 9.55 Å². The Morgan fingerprint density at radius 1 is 1.08 bits per heavy atom. The first-order valence-corrected chi connectivity index (χ1v) is 8.25. The Morgan fingerprint density at radius 3 is 2.46 bits per heavy atom. The molecule has 0 spiro atoms. The van der Waals surface area contributed by atoms with Crippen LogP contribution in [-0.4, -0.2) is 10.9 Å². The van der Waals surface area contributed by atoms with Gasteiger partial charge in [-0.1, -0.05) is 50.2 Å². The number of benzene rings is 2. The van der Waals surface area contributed by atoms with Crippen LogP contribution in [0.2, 0.25) is 0 Å². The molecule has 3 aromatic rings. The number of carbonyl (C=O) groups excluding carboxylic acids is 1. The van der Waals surface area contributed by atoms with E-state index in [0.717, 1.165) is 16.6 Å². The minimum Gasteiger partial charge on any atom is -0.370 e. The van der Waals surface area contributed by atoms with Crippen molar-refractivity contribution in [2.45, 2.75) is 33.2 Å². The molecule has 3 rings (SSSR count). The van der Waals surface area contributed by atoms with Gasteiger partial charge in [0, 0.05) is 6.42 Å². The minimum absolute atomic E-state index is 0.287. The van der Waals surface area contributed by atoms with Crippen molar-refractivity contribution in [2.24, 2.45) is 5.73 Å². The van der Waals surface area contributed by atoms with Crippen LogP contribution in [0.3, 0.4) is 0 Å². The fraction of sp³-hybridized carbons (Fsp3) is 0.263. The molecule has 1 heterocycles. The number of H-pyrrole nitrogens is 1. The number of amides is 1. The standard InChI is InChI=1S/C17H18N4O.C2H6/c18-16(22)9-7-12-6-8-15-14(10-12)20-17(19)21(15)11-13-4-2-1-3-5-13;1-2/h1-6,8,10H,7,9,11H2,(H4,18,19,20,22);1-2H3/p+1. The lowest BCUT2D eigenvalue weighted by Gasteiger charge is -2.02. The van der Waals surface area contributed by atoms with E-state index in [2.05, 4.69) is 17.1 Å². The summed E-state index contributed by atoms with van der Waals surface area (Å²) in [6.07, 6.45) is 0.995. The lowest BCUT2D eigenvalue weighted by molar-refractivity contribution is -0.647. The van der Waals surface area contributed by atoms with E-state index in [1.54, 1.807) is 0 Å². The summed E-state index contributed by atoms with van der Waals surface area (Å²) < 4.78 is 2.04. The maximum Gasteiger partial charge on any atom is 0.353 e. The van der Waals surface area contributed by atoms with E-state index in [1.165, 1.54) is 5.56 Å². The molecule has 5 nitrogen and oxygen atoms in total. The van der Waals surface area contributed by atoms with Gasteiger partial charge in [-0.05, 0) is 29.7 Å². The quantitative estimate of drug-likeness (QED) is 0.629. The smallest absolute Gasteiger partial charge is 0.353 e. The summed E-state index contributed by atoms with van der Waals surface area (Å²) in [5, 5.41) is 0. The van der Waals surface area contributed by atoms with E-state index in [-0.39, 0.29) is 5.91 Å². The number of nitrogen functional groups attached to an aromatic ring is 1. The highest BCUT2D eigenvalue weighted by atomic mass is 16.1. The number of aromatic nitrogens is 2. The summed E-state index contributed by atoms with van der Waals surface area (Å²) in [6.45, 7) is 4.72. The Labute approximate surface area is 142 Å². The van der Waals surface area contributed by atoms with E-state index in [1.807, 2.05) is 54.8 Å². The van der Waals surface area contributed by atoms with Gasteiger partial charge in [0.2, 0.25) is 5.91 Å². The summed E-state index contributed by atoms with van der Waals surface area (Å²) >= 11 is 0. The maximum atomic E-state index is 10.9. The van der Waals surface area contributed by atoms with Crippen molar-refractivity contribution in [3.8, 4) is 0 Å². The van der Waals surface area contributed by atoms with Crippen molar-refractivity contribution in [1.29, 1.82) is 0 Å². The minimum atomic E-state index is -0.287. The largest absolute Gasteiger partial charge is 0.370 e. The third-order valence-corrected chi connectivity index (χ3v) is 3.75. The molecule has 0 radical (unpaired) electrons. The molecule has 0 aliphatic heterocycles. The summed E-state index contributed by atoms with van der Waals surface area (Å²) in [4.78, 5) is 14.1. The molecule has 2 aromatic carbocycles. The second kappa shape index (κ2) is 8.15. The zero-order valence-corrected chi connectivity index (χ0v) is 14.3. The number of carbonyl (C=O) groups is 1. The lowest BCUT2D eigenvalue weighted by atomic mass is 10.1. The van der Waals surface area contributed by atoms with Crippen LogP contribution >= 0.6 is 0 Å². The molecule has 0 unspecified atom stereocenters. The zero-order chi connectivity index (χ0) is 17.5. The number of primary amides is 1. The SMILES string of the molecule is CC.NC(=O)CCc1ccc2c(c1)[nH]c(N)[n+]2Cc1ccccc1. The number of hydrogen-bond donors (Lipinski definition) is 3. The number of nitrogens with zero attached hydrogens (tertiary/aromatic N) is 1. The molecule has 24 heavy (non-hydrogen) atoms. The van der Waals surface area contributed by atoms with Gasteiger partial charge in [-0.15, -0.1) is 0 Å². The first-order valence-electron chi connectivity index (χ1n) is 8.25. The molecule has 1 aromatic heterocycles. The van der Waals surface area contributed by atoms with E-state index in [4.69, 9.17) is 11.5 Å². The molecule has 5 heteroatoms. The van der Waals surface area contributed by atoms with Crippen molar-refractivity contribution in [2.75, 3.05) is 5.73 Å². The molecule has 1 amide bonds. The Bertz CT molecular complexity index is 809. The van der Waals surface area contributed by atoms with Crippen LogP contribution in [0.25, 0.3) is 11.0 Å². The van der Waals surface area contributed by atoms with Crippen LogP contribution in [0.15, 0.2) is 48.5 Å². The molecular weight excluding hydrogens is 300 g/mol. The molecular formula is C19H25N4O+. The molecule has 5 N–H and O–H groups in total. The monoisotopic (exact) mass is 325 g/mol. The van der Waals surface area contributed by atoms with Gasteiger partial charge in [0.15, 0.2) is 0 Å². The normalized spacial score (nSPS) is 10.2. The van der Waals surface area contributed by atoms with E-state index >= 15 is 0 Å². The summed E-state index contributed by atoms with van der Waals surface area (Å²) in [5.41, 5.74) is 15.6. The predicted octanol–water partition coefficient (Wildman–Crippen LogP) is 2.53. The van der Waals surface area contributed by atoms with Crippen LogP contribution in [0.4, 0.5) is 5.95 Å². The van der Waals surface area contributed by atoms with Gasteiger partial charge in [0.05, 0.1) is 6.54 Å². The molecule has 0 aliphatic rings. The van der Waals surface area contributed by atoms with Gasteiger partial charge in [-0.3, -0.25) is 10.5 Å². The summed E-state index contributed by atoms with van der Waals surface area (Å²) in [7, 11) is 0. The number of fused-ring (bicyclic) bond motifs is 1. The van der Waals surface area contributed by atoms with Gasteiger partial charge >= 0.3 is 5.95 Å². The highest BCUT2D eigenvalue weighted by Crippen LogP contribution is 2.15. The number of imidazole rings is 1. The fourth-order valence-electron chi connectivity index (χ4n) is 2.61. The molecule has 0 atom stereocenters. The molecule has 0 bridgehead atoms. The van der Waals surface area contributed by atoms with Crippen LogP contribution in [0.1, 0.15) is 31.4 Å². The van der Waals surface area contributed by atoms with Gasteiger partial charge in [0.25, 0.3) is 0 Å². The molecule has 126 valence electrons. The van der Waals surface area contributed by atoms with Crippen LogP contribution < -0.4 is 16.0 Å². The molecule has 0 saturated carbocycles. The first-order chi connectivity index (χ1) is 11.6. The Hall–Kier alpha value is -2.82. The molecule has 0 aliphatic carbocycles. The molecule has 0 saturated heterocycles. The Kier molecular flexibility index (Phi) is 5.95. The number of hydrogen-bond acceptors (Lipinski definition) is 2. The maximum absolute atomic E-state index is 10.9. The summed E-state index contributed by atoms with van der Waals surface area (Å²) in [5.74, 6) is 0.330. The fourth-order valence-corrected chi connectivity index (χ4v) is 2.61. The highest BCUT2D eigenvalue weighted by Gasteiger charge is 2.15. The van der Waals surface area contributed by atoms with E-state index in [0.29, 0.717) is 25.3 Å². The number of anilines is 1. The van der Waals surface area contributed by atoms with Crippen molar-refractivity contribution in [3.63, 3.8) is 0 Å². The number of nitrogens with two attached hydrogens (primary N) is 2. The topological polar surface area (TPSA) is 88.8 Å². The van der Waals surface area contributed by atoms with Gasteiger partial charge < -0.3 is 5.73 Å². The molecule has 0 fully saturated rings. The van der Waals surface area contributed by atoms with Gasteiger partial charge in [-0.2, -0.15) is 0 Å². The second-order valence-electron chi connectivity index (χ2n) is 5.40. The van der Waals surface area contributed by atoms with Crippen LogP contribution in [-0.2, 0) is 17.8 Å². The van der Waals surface area contributed by atoms with E-state index in [9.17, 15) is 4.79 Å². The van der Waals surface area contributed by atoms with Crippen molar-refractivity contribution >= 4 is 22.9 Å². The average Bonchev–Trinajstić information content (AvgIpc) is 2.91. The third kappa shape index (κ3) is 4.13. The Balaban J connectivity index is 0.00000100.